The lowest BCUT2D eigenvalue weighted by molar-refractivity contribution is -0.133. The Balaban J connectivity index is 1.89. The van der Waals surface area contributed by atoms with Gasteiger partial charge in [0, 0.05) is 31.2 Å². The van der Waals surface area contributed by atoms with Crippen LogP contribution in [0.5, 0.6) is 5.75 Å². The monoisotopic (exact) mass is 311 g/mol. The Hall–Kier alpha value is -1.95. The highest BCUT2D eigenvalue weighted by molar-refractivity contribution is 6.30. The summed E-state index contributed by atoms with van der Waals surface area (Å²) < 4.78 is 5.22. The number of hydrogen-bond donors (Lipinski definition) is 1. The molecule has 114 valence electrons. The van der Waals surface area contributed by atoms with Crippen LogP contribution in [0.3, 0.4) is 0 Å². The topological polar surface area (TPSA) is 61.9 Å². The Morgan fingerprint density at radius 2 is 2.10 bits per heavy atom. The second kappa shape index (κ2) is 7.17. The molecule has 7 heteroatoms. The van der Waals surface area contributed by atoms with Crippen molar-refractivity contribution in [1.29, 1.82) is 0 Å². The van der Waals surface area contributed by atoms with Gasteiger partial charge in [-0.2, -0.15) is 0 Å². The molecule has 1 fully saturated rings. The van der Waals surface area contributed by atoms with E-state index in [1.165, 1.54) is 0 Å². The molecule has 1 heterocycles. The Labute approximate surface area is 128 Å². The average Bonchev–Trinajstić information content (AvgIpc) is 2.52. The average molecular weight is 312 g/mol. The number of hydrogen-bond acceptors (Lipinski definition) is 4. The van der Waals surface area contributed by atoms with E-state index in [1.807, 2.05) is 0 Å². The summed E-state index contributed by atoms with van der Waals surface area (Å²) in [4.78, 5) is 26.2. The van der Waals surface area contributed by atoms with E-state index < -0.39 is 0 Å². The number of methoxy groups -OCH3 is 1. The Morgan fingerprint density at radius 3 is 2.71 bits per heavy atom. The van der Waals surface area contributed by atoms with Gasteiger partial charge >= 0.3 is 0 Å². The molecule has 1 aliphatic heterocycles. The van der Waals surface area contributed by atoms with Gasteiger partial charge in [0.15, 0.2) is 0 Å². The first-order valence-electron chi connectivity index (χ1n) is 6.68. The van der Waals surface area contributed by atoms with Gasteiger partial charge in [0.25, 0.3) is 0 Å². The molecule has 0 spiro atoms. The van der Waals surface area contributed by atoms with Crippen molar-refractivity contribution >= 4 is 29.6 Å². The molecular weight excluding hydrogens is 294 g/mol. The third-order valence-electron chi connectivity index (χ3n) is 3.41. The fourth-order valence-corrected chi connectivity index (χ4v) is 2.35. The summed E-state index contributed by atoms with van der Waals surface area (Å²) in [5.74, 6) is 0.626. The van der Waals surface area contributed by atoms with Crippen molar-refractivity contribution in [2.45, 2.75) is 0 Å². The molecule has 2 rings (SSSR count). The Morgan fingerprint density at radius 1 is 1.38 bits per heavy atom. The molecule has 1 aromatic carbocycles. The van der Waals surface area contributed by atoms with Gasteiger partial charge in [0.2, 0.25) is 12.3 Å². The standard InChI is InChI=1S/C14H18ClN3O3/c1-21-13-3-2-11(15)8-12(13)16-9-14(20)18-6-4-17(10-19)5-7-18/h2-3,8,10,16H,4-7,9H2,1H3. The zero-order valence-electron chi connectivity index (χ0n) is 11.8. The van der Waals surface area contributed by atoms with E-state index >= 15 is 0 Å². The molecule has 0 aromatic heterocycles. The summed E-state index contributed by atoms with van der Waals surface area (Å²) in [6, 6.07) is 5.20. The molecular formula is C14H18ClN3O3. The number of ether oxygens (including phenoxy) is 1. The van der Waals surface area contributed by atoms with Crippen molar-refractivity contribution < 1.29 is 14.3 Å². The first kappa shape index (κ1) is 15.4. The maximum Gasteiger partial charge on any atom is 0.241 e. The number of amides is 2. The minimum Gasteiger partial charge on any atom is -0.495 e. The minimum absolute atomic E-state index is 0.0115. The largest absolute Gasteiger partial charge is 0.495 e. The fourth-order valence-electron chi connectivity index (χ4n) is 2.18. The third-order valence-corrected chi connectivity index (χ3v) is 3.64. The van der Waals surface area contributed by atoms with Crippen LogP contribution in [0.25, 0.3) is 0 Å². The van der Waals surface area contributed by atoms with E-state index in [2.05, 4.69) is 5.32 Å². The van der Waals surface area contributed by atoms with Crippen LogP contribution in [0.2, 0.25) is 5.02 Å². The summed E-state index contributed by atoms with van der Waals surface area (Å²) in [6.45, 7) is 2.45. The van der Waals surface area contributed by atoms with Gasteiger partial charge < -0.3 is 19.9 Å². The molecule has 1 aliphatic rings. The lowest BCUT2D eigenvalue weighted by Crippen LogP contribution is -2.49. The smallest absolute Gasteiger partial charge is 0.241 e. The second-order valence-electron chi connectivity index (χ2n) is 4.72. The van der Waals surface area contributed by atoms with E-state index in [0.717, 1.165) is 6.41 Å². The van der Waals surface area contributed by atoms with Crippen LogP contribution < -0.4 is 10.1 Å². The quantitative estimate of drug-likeness (QED) is 0.826. The summed E-state index contributed by atoms with van der Waals surface area (Å²) in [5, 5.41) is 3.62. The zero-order valence-corrected chi connectivity index (χ0v) is 12.6. The van der Waals surface area contributed by atoms with E-state index in [1.54, 1.807) is 35.1 Å². The van der Waals surface area contributed by atoms with Crippen LogP contribution in [0, 0.1) is 0 Å². The predicted octanol–water partition coefficient (Wildman–Crippen LogP) is 1.06. The summed E-state index contributed by atoms with van der Waals surface area (Å²) in [6.07, 6.45) is 0.816. The first-order valence-corrected chi connectivity index (χ1v) is 7.06. The van der Waals surface area contributed by atoms with Gasteiger partial charge in [-0.15, -0.1) is 0 Å². The molecule has 0 radical (unpaired) electrons. The highest BCUT2D eigenvalue weighted by Crippen LogP contribution is 2.27. The van der Waals surface area contributed by atoms with Crippen molar-refractivity contribution in [3.63, 3.8) is 0 Å². The molecule has 0 unspecified atom stereocenters. The van der Waals surface area contributed by atoms with E-state index in [9.17, 15) is 9.59 Å². The van der Waals surface area contributed by atoms with Gasteiger partial charge in [-0.3, -0.25) is 9.59 Å². The Kier molecular flexibility index (Phi) is 5.27. The highest BCUT2D eigenvalue weighted by atomic mass is 35.5. The van der Waals surface area contributed by atoms with E-state index in [0.29, 0.717) is 42.6 Å². The SMILES string of the molecule is COc1ccc(Cl)cc1NCC(=O)N1CCN(C=O)CC1. The molecule has 0 saturated carbocycles. The van der Waals surface area contributed by atoms with E-state index in [4.69, 9.17) is 16.3 Å². The normalized spacial score (nSPS) is 14.8. The van der Waals surface area contributed by atoms with Crippen LogP contribution in [-0.4, -0.2) is 62.0 Å². The van der Waals surface area contributed by atoms with Crippen molar-refractivity contribution in [2.24, 2.45) is 0 Å². The number of halogens is 1. The number of benzene rings is 1. The van der Waals surface area contributed by atoms with Gasteiger partial charge in [-0.05, 0) is 18.2 Å². The number of carbonyl (C=O) groups is 2. The van der Waals surface area contributed by atoms with Crippen molar-refractivity contribution in [3.05, 3.63) is 23.2 Å². The van der Waals surface area contributed by atoms with Crippen LogP contribution in [-0.2, 0) is 9.59 Å². The zero-order chi connectivity index (χ0) is 15.2. The molecule has 0 atom stereocenters. The lowest BCUT2D eigenvalue weighted by Gasteiger charge is -2.32. The van der Waals surface area contributed by atoms with Gasteiger partial charge in [0.1, 0.15) is 5.75 Å². The summed E-state index contributed by atoms with van der Waals surface area (Å²) in [5.41, 5.74) is 0.685. The van der Waals surface area contributed by atoms with Gasteiger partial charge in [0.05, 0.1) is 19.3 Å². The molecule has 0 bridgehead atoms. The van der Waals surface area contributed by atoms with Crippen LogP contribution in [0.4, 0.5) is 5.69 Å². The van der Waals surface area contributed by atoms with Crippen LogP contribution >= 0.6 is 11.6 Å². The molecule has 0 aliphatic carbocycles. The lowest BCUT2D eigenvalue weighted by atomic mass is 10.2. The number of piperazine rings is 1. The first-order chi connectivity index (χ1) is 10.1. The summed E-state index contributed by atoms with van der Waals surface area (Å²) >= 11 is 5.94. The maximum atomic E-state index is 12.1. The molecule has 1 N–H and O–H groups in total. The number of nitrogens with one attached hydrogen (secondary N) is 1. The highest BCUT2D eigenvalue weighted by Gasteiger charge is 2.20. The third kappa shape index (κ3) is 4.01. The molecule has 2 amide bonds. The predicted molar refractivity (Wildman–Crippen MR) is 80.7 cm³/mol. The maximum absolute atomic E-state index is 12.1. The van der Waals surface area contributed by atoms with Gasteiger partial charge in [-0.25, -0.2) is 0 Å². The number of nitrogens with zero attached hydrogens (tertiary/aromatic N) is 2. The fraction of sp³-hybridized carbons (Fsp3) is 0.429. The second-order valence-corrected chi connectivity index (χ2v) is 5.16. The molecule has 1 aromatic rings. The van der Waals surface area contributed by atoms with Crippen molar-refractivity contribution in [3.8, 4) is 5.75 Å². The Bertz CT molecular complexity index is 516. The van der Waals surface area contributed by atoms with Crippen LogP contribution in [0.1, 0.15) is 0 Å². The minimum atomic E-state index is -0.0115. The van der Waals surface area contributed by atoms with Gasteiger partial charge in [-0.1, -0.05) is 11.6 Å². The molecule has 21 heavy (non-hydrogen) atoms. The summed E-state index contributed by atoms with van der Waals surface area (Å²) in [7, 11) is 1.56. The van der Waals surface area contributed by atoms with Crippen molar-refractivity contribution in [2.75, 3.05) is 45.2 Å². The van der Waals surface area contributed by atoms with Crippen LogP contribution in [0.15, 0.2) is 18.2 Å². The number of anilines is 1. The molecule has 1 saturated heterocycles. The van der Waals surface area contributed by atoms with Crippen molar-refractivity contribution in [1.82, 2.24) is 9.80 Å². The molecule has 6 nitrogen and oxygen atoms in total. The van der Waals surface area contributed by atoms with E-state index in [-0.39, 0.29) is 12.5 Å². The number of rotatable bonds is 5. The number of carbonyl (C=O) groups excluding carboxylic acids is 2.